The van der Waals surface area contributed by atoms with Crippen LogP contribution in [0.5, 0.6) is 0 Å². The van der Waals surface area contributed by atoms with E-state index in [4.69, 9.17) is 0 Å². The zero-order valence-corrected chi connectivity index (χ0v) is 14.6. The molecule has 1 atom stereocenters. The van der Waals surface area contributed by atoms with Crippen molar-refractivity contribution >= 4 is 17.7 Å². The van der Waals surface area contributed by atoms with Gasteiger partial charge >= 0.3 is 0 Å². The average molecular weight is 334 g/mol. The van der Waals surface area contributed by atoms with E-state index >= 15 is 0 Å². The van der Waals surface area contributed by atoms with Crippen molar-refractivity contribution < 1.29 is 9.90 Å². The van der Waals surface area contributed by atoms with Gasteiger partial charge in [-0.15, -0.1) is 0 Å². The van der Waals surface area contributed by atoms with Gasteiger partial charge in [0.05, 0.1) is 0 Å². The molecule has 0 spiro atoms. The van der Waals surface area contributed by atoms with Crippen LogP contribution in [0, 0.1) is 0 Å². The van der Waals surface area contributed by atoms with Crippen LogP contribution in [0.15, 0.2) is 24.3 Å². The number of fused-ring (bicyclic) bond motifs is 1. The number of carbonyl (C=O) groups is 1. The maximum Gasteiger partial charge on any atom is 0.252 e. The second kappa shape index (κ2) is 7.24. The van der Waals surface area contributed by atoms with E-state index in [2.05, 4.69) is 41.4 Å². The van der Waals surface area contributed by atoms with Gasteiger partial charge in [0.1, 0.15) is 5.60 Å². The number of nitrogens with one attached hydrogen (secondary N) is 1. The lowest BCUT2D eigenvalue weighted by atomic mass is 9.95. The molecule has 23 heavy (non-hydrogen) atoms. The molecule has 2 heterocycles. The number of thioether (sulfide) groups is 1. The fraction of sp³-hybridized carbons (Fsp3) is 0.611. The van der Waals surface area contributed by atoms with Gasteiger partial charge in [-0.1, -0.05) is 24.3 Å². The van der Waals surface area contributed by atoms with Crippen molar-refractivity contribution in [2.45, 2.75) is 44.4 Å². The summed E-state index contributed by atoms with van der Waals surface area (Å²) < 4.78 is 0. The van der Waals surface area contributed by atoms with Crippen molar-refractivity contribution in [1.29, 1.82) is 0 Å². The summed E-state index contributed by atoms with van der Waals surface area (Å²) in [6.07, 6.45) is 2.19. The molecule has 0 aromatic heterocycles. The number of aliphatic hydroxyl groups is 1. The summed E-state index contributed by atoms with van der Waals surface area (Å²) >= 11 is 1.81. The van der Waals surface area contributed by atoms with Gasteiger partial charge in [0, 0.05) is 25.7 Å². The van der Waals surface area contributed by atoms with E-state index in [0.717, 1.165) is 31.0 Å². The van der Waals surface area contributed by atoms with Crippen LogP contribution in [0.1, 0.15) is 30.9 Å². The molecule has 1 aromatic carbocycles. The van der Waals surface area contributed by atoms with Crippen molar-refractivity contribution in [1.82, 2.24) is 10.2 Å². The molecular weight excluding hydrogens is 308 g/mol. The molecule has 3 rings (SSSR count). The lowest BCUT2D eigenvalue weighted by Crippen LogP contribution is -2.52. The molecule has 126 valence electrons. The third-order valence-electron chi connectivity index (χ3n) is 5.08. The Bertz CT molecular complexity index is 558. The molecule has 0 saturated carbocycles. The minimum atomic E-state index is -1.15. The second-order valence-corrected chi connectivity index (χ2v) is 7.92. The highest BCUT2D eigenvalue weighted by Crippen LogP contribution is 2.27. The predicted molar refractivity (Wildman–Crippen MR) is 94.5 cm³/mol. The van der Waals surface area contributed by atoms with Crippen molar-refractivity contribution in [3.8, 4) is 0 Å². The Morgan fingerprint density at radius 2 is 2.04 bits per heavy atom. The minimum Gasteiger partial charge on any atom is -0.380 e. The Morgan fingerprint density at radius 1 is 1.35 bits per heavy atom. The highest BCUT2D eigenvalue weighted by atomic mass is 32.2. The molecule has 0 aliphatic carbocycles. The average Bonchev–Trinajstić information content (AvgIpc) is 2.59. The van der Waals surface area contributed by atoms with E-state index < -0.39 is 5.60 Å². The summed E-state index contributed by atoms with van der Waals surface area (Å²) in [6, 6.07) is 8.85. The van der Waals surface area contributed by atoms with Gasteiger partial charge in [0.2, 0.25) is 0 Å². The molecule has 1 unspecified atom stereocenters. The zero-order valence-electron chi connectivity index (χ0n) is 13.8. The largest absolute Gasteiger partial charge is 0.380 e. The molecule has 2 N–H and O–H groups in total. The summed E-state index contributed by atoms with van der Waals surface area (Å²) in [6.45, 7) is 4.70. The van der Waals surface area contributed by atoms with Gasteiger partial charge in [0.15, 0.2) is 0 Å². The molecule has 1 amide bonds. The van der Waals surface area contributed by atoms with Crippen LogP contribution in [-0.2, 0) is 17.8 Å². The third-order valence-corrected chi connectivity index (χ3v) is 6.07. The first-order valence-electron chi connectivity index (χ1n) is 8.48. The highest BCUT2D eigenvalue weighted by Gasteiger charge is 2.37. The summed E-state index contributed by atoms with van der Waals surface area (Å²) in [7, 11) is 0. The molecule has 2 aliphatic heterocycles. The molecule has 1 saturated heterocycles. The SMILES string of the molecule is CC(CNC(=O)C1(O)CCSCC1)N1CCc2ccccc2C1. The number of amides is 1. The number of benzene rings is 1. The monoisotopic (exact) mass is 334 g/mol. The Morgan fingerprint density at radius 3 is 2.78 bits per heavy atom. The first kappa shape index (κ1) is 16.8. The van der Waals surface area contributed by atoms with E-state index in [-0.39, 0.29) is 11.9 Å². The van der Waals surface area contributed by atoms with Crippen molar-refractivity contribution in [2.75, 3.05) is 24.6 Å². The molecule has 0 bridgehead atoms. The van der Waals surface area contributed by atoms with E-state index in [0.29, 0.717) is 19.4 Å². The first-order chi connectivity index (χ1) is 11.1. The number of nitrogens with zero attached hydrogens (tertiary/aromatic N) is 1. The van der Waals surface area contributed by atoms with Crippen molar-refractivity contribution in [2.24, 2.45) is 0 Å². The van der Waals surface area contributed by atoms with E-state index in [1.807, 2.05) is 0 Å². The van der Waals surface area contributed by atoms with Crippen LogP contribution in [0.4, 0.5) is 0 Å². The van der Waals surface area contributed by atoms with Gasteiger partial charge in [0.25, 0.3) is 5.91 Å². The topological polar surface area (TPSA) is 52.6 Å². The van der Waals surface area contributed by atoms with Crippen molar-refractivity contribution in [3.05, 3.63) is 35.4 Å². The number of hydrogen-bond acceptors (Lipinski definition) is 4. The van der Waals surface area contributed by atoms with Crippen LogP contribution < -0.4 is 5.32 Å². The lowest BCUT2D eigenvalue weighted by molar-refractivity contribution is -0.140. The normalized spacial score (nSPS) is 22.2. The molecule has 4 nitrogen and oxygen atoms in total. The summed E-state index contributed by atoms with van der Waals surface area (Å²) in [5, 5.41) is 13.4. The Labute approximate surface area is 142 Å². The summed E-state index contributed by atoms with van der Waals surface area (Å²) in [5.41, 5.74) is 1.67. The quantitative estimate of drug-likeness (QED) is 0.882. The zero-order chi connectivity index (χ0) is 16.3. The lowest BCUT2D eigenvalue weighted by Gasteiger charge is -2.35. The van der Waals surface area contributed by atoms with Gasteiger partial charge in [-0.25, -0.2) is 0 Å². The molecule has 1 fully saturated rings. The Hall–Kier alpha value is -1.04. The second-order valence-electron chi connectivity index (χ2n) is 6.69. The third kappa shape index (κ3) is 3.90. The van der Waals surface area contributed by atoms with Crippen LogP contribution in [-0.4, -0.2) is 52.2 Å². The number of rotatable bonds is 4. The van der Waals surface area contributed by atoms with Gasteiger partial charge in [-0.05, 0) is 48.8 Å². The predicted octanol–water partition coefficient (Wildman–Crippen LogP) is 1.81. The summed E-state index contributed by atoms with van der Waals surface area (Å²) in [4.78, 5) is 14.7. The fourth-order valence-electron chi connectivity index (χ4n) is 3.36. The first-order valence-corrected chi connectivity index (χ1v) is 9.63. The van der Waals surface area contributed by atoms with Crippen LogP contribution in [0.3, 0.4) is 0 Å². The van der Waals surface area contributed by atoms with Crippen molar-refractivity contribution in [3.63, 3.8) is 0 Å². The van der Waals surface area contributed by atoms with E-state index in [1.165, 1.54) is 11.1 Å². The number of hydrogen-bond donors (Lipinski definition) is 2. The molecule has 1 aromatic rings. The minimum absolute atomic E-state index is 0.193. The smallest absolute Gasteiger partial charge is 0.252 e. The van der Waals surface area contributed by atoms with Crippen LogP contribution in [0.25, 0.3) is 0 Å². The van der Waals surface area contributed by atoms with Crippen LogP contribution in [0.2, 0.25) is 0 Å². The molecule has 0 radical (unpaired) electrons. The maximum absolute atomic E-state index is 12.3. The van der Waals surface area contributed by atoms with Crippen LogP contribution >= 0.6 is 11.8 Å². The van der Waals surface area contributed by atoms with Gasteiger partial charge < -0.3 is 10.4 Å². The Kier molecular flexibility index (Phi) is 5.29. The fourth-order valence-corrected chi connectivity index (χ4v) is 4.53. The van der Waals surface area contributed by atoms with E-state index in [1.54, 1.807) is 11.8 Å². The van der Waals surface area contributed by atoms with E-state index in [9.17, 15) is 9.90 Å². The maximum atomic E-state index is 12.3. The highest BCUT2D eigenvalue weighted by molar-refractivity contribution is 7.99. The van der Waals surface area contributed by atoms with Gasteiger partial charge in [-0.2, -0.15) is 11.8 Å². The standard InChI is InChI=1S/C18H26N2O2S/c1-14(12-19-17(21)18(22)7-10-23-11-8-18)20-9-6-15-4-2-3-5-16(15)13-20/h2-5,14,22H,6-13H2,1H3,(H,19,21). The Balaban J connectivity index is 1.52. The molecule has 2 aliphatic rings. The molecule has 5 heteroatoms. The summed E-state index contributed by atoms with van der Waals surface area (Å²) in [5.74, 6) is 1.53. The van der Waals surface area contributed by atoms with Gasteiger partial charge in [-0.3, -0.25) is 9.69 Å². The number of carbonyl (C=O) groups excluding carboxylic acids is 1. The molecular formula is C18H26N2O2S.